The molecule has 0 saturated carbocycles. The van der Waals surface area contributed by atoms with E-state index in [9.17, 15) is 0 Å². The van der Waals surface area contributed by atoms with Crippen molar-refractivity contribution in [2.24, 2.45) is 4.99 Å². The van der Waals surface area contributed by atoms with Gasteiger partial charge >= 0.3 is 0 Å². The fourth-order valence-electron chi connectivity index (χ4n) is 1.98. The van der Waals surface area contributed by atoms with Crippen molar-refractivity contribution >= 4 is 5.96 Å². The molecule has 88 valence electrons. The molecule has 0 spiro atoms. The molecular formula is C12H19N3O. The summed E-state index contributed by atoms with van der Waals surface area (Å²) in [6.07, 6.45) is 4.18. The maximum absolute atomic E-state index is 5.41. The lowest BCUT2D eigenvalue weighted by atomic mass is 10.1. The van der Waals surface area contributed by atoms with Crippen LogP contribution in [0.5, 0.6) is 0 Å². The molecule has 0 unspecified atom stereocenters. The summed E-state index contributed by atoms with van der Waals surface area (Å²) >= 11 is 0. The molecule has 0 amide bonds. The molecule has 4 heteroatoms. The van der Waals surface area contributed by atoms with Gasteiger partial charge in [-0.1, -0.05) is 12.2 Å². The highest BCUT2D eigenvalue weighted by atomic mass is 16.7. The van der Waals surface area contributed by atoms with Crippen molar-refractivity contribution in [1.29, 1.82) is 0 Å². The van der Waals surface area contributed by atoms with E-state index in [1.54, 1.807) is 7.11 Å². The molecule has 0 bridgehead atoms. The standard InChI is InChI=1S/C12H19N3O/c1-9(2)10-8-14-7-6-12(3,4)13-11(14)15(10)16-5/h6-7,10H,1,8H2,2-5H3/t10-/m1/s1. The van der Waals surface area contributed by atoms with Crippen LogP contribution in [0.15, 0.2) is 29.4 Å². The van der Waals surface area contributed by atoms with Crippen LogP contribution in [0.3, 0.4) is 0 Å². The van der Waals surface area contributed by atoms with E-state index in [4.69, 9.17) is 4.84 Å². The molecule has 0 aliphatic carbocycles. The molecule has 2 rings (SSSR count). The van der Waals surface area contributed by atoms with Crippen LogP contribution in [-0.4, -0.2) is 41.2 Å². The summed E-state index contributed by atoms with van der Waals surface area (Å²) in [5.74, 6) is 0.878. The van der Waals surface area contributed by atoms with E-state index in [1.165, 1.54) is 0 Å². The third-order valence-corrected chi connectivity index (χ3v) is 2.92. The number of nitrogens with zero attached hydrogens (tertiary/aromatic N) is 3. The molecule has 0 radical (unpaired) electrons. The molecule has 1 saturated heterocycles. The summed E-state index contributed by atoms with van der Waals surface area (Å²) in [6, 6.07) is 0.183. The summed E-state index contributed by atoms with van der Waals surface area (Å²) < 4.78 is 0. The van der Waals surface area contributed by atoms with E-state index in [0.717, 1.165) is 18.1 Å². The molecule has 2 aliphatic heterocycles. The molecule has 16 heavy (non-hydrogen) atoms. The number of hydrogen-bond donors (Lipinski definition) is 0. The zero-order valence-corrected chi connectivity index (χ0v) is 10.4. The van der Waals surface area contributed by atoms with Crippen LogP contribution < -0.4 is 0 Å². The van der Waals surface area contributed by atoms with Gasteiger partial charge in [0.05, 0.1) is 25.2 Å². The SMILES string of the molecule is C=C(C)[C@H]1CN2C=CC(C)(C)N=C2N1OC. The first kappa shape index (κ1) is 11.2. The van der Waals surface area contributed by atoms with Crippen LogP contribution in [0.4, 0.5) is 0 Å². The predicted octanol–water partition coefficient (Wildman–Crippen LogP) is 1.77. The smallest absolute Gasteiger partial charge is 0.226 e. The lowest BCUT2D eigenvalue weighted by Crippen LogP contribution is -2.38. The van der Waals surface area contributed by atoms with E-state index in [-0.39, 0.29) is 11.6 Å². The normalized spacial score (nSPS) is 26.8. The molecule has 4 nitrogen and oxygen atoms in total. The molecule has 0 aromatic heterocycles. The van der Waals surface area contributed by atoms with E-state index in [0.29, 0.717) is 0 Å². The summed E-state index contributed by atoms with van der Waals surface area (Å²) in [4.78, 5) is 12.2. The van der Waals surface area contributed by atoms with Crippen LogP contribution in [-0.2, 0) is 4.84 Å². The van der Waals surface area contributed by atoms with Gasteiger partial charge in [0.15, 0.2) is 0 Å². The molecule has 2 aliphatic rings. The Hall–Kier alpha value is -1.29. The van der Waals surface area contributed by atoms with Gasteiger partial charge in [0.2, 0.25) is 5.96 Å². The second-order valence-corrected chi connectivity index (χ2v) is 4.90. The van der Waals surface area contributed by atoms with Crippen molar-refractivity contribution in [2.75, 3.05) is 13.7 Å². The summed E-state index contributed by atoms with van der Waals surface area (Å²) in [5, 5.41) is 1.84. The summed E-state index contributed by atoms with van der Waals surface area (Å²) in [7, 11) is 1.67. The Morgan fingerprint density at radius 2 is 2.31 bits per heavy atom. The molecule has 0 N–H and O–H groups in total. The third-order valence-electron chi connectivity index (χ3n) is 2.92. The minimum Gasteiger partial charge on any atom is -0.315 e. The Kier molecular flexibility index (Phi) is 2.54. The first-order valence-corrected chi connectivity index (χ1v) is 5.49. The Balaban J connectivity index is 2.33. The fraction of sp³-hybridized carbons (Fsp3) is 0.583. The van der Waals surface area contributed by atoms with Crippen LogP contribution in [0.1, 0.15) is 20.8 Å². The summed E-state index contributed by atoms with van der Waals surface area (Å²) in [6.45, 7) is 11.0. The van der Waals surface area contributed by atoms with Crippen LogP contribution in [0.25, 0.3) is 0 Å². The third kappa shape index (κ3) is 1.73. The maximum Gasteiger partial charge on any atom is 0.226 e. The monoisotopic (exact) mass is 221 g/mol. The maximum atomic E-state index is 5.41. The van der Waals surface area contributed by atoms with Gasteiger partial charge in [-0.25, -0.2) is 10.1 Å². The van der Waals surface area contributed by atoms with Gasteiger partial charge in [0.25, 0.3) is 0 Å². The Labute approximate surface area is 96.8 Å². The number of hydroxylamine groups is 2. The largest absolute Gasteiger partial charge is 0.315 e. The minimum absolute atomic E-state index is 0.160. The van der Waals surface area contributed by atoms with Gasteiger partial charge in [-0.2, -0.15) is 0 Å². The zero-order chi connectivity index (χ0) is 11.9. The van der Waals surface area contributed by atoms with Gasteiger partial charge in [0, 0.05) is 6.20 Å². The van der Waals surface area contributed by atoms with E-state index in [1.807, 2.05) is 12.0 Å². The van der Waals surface area contributed by atoms with Gasteiger partial charge in [0.1, 0.15) is 0 Å². The molecule has 1 atom stereocenters. The van der Waals surface area contributed by atoms with Crippen LogP contribution in [0, 0.1) is 0 Å². The molecular weight excluding hydrogens is 202 g/mol. The quantitative estimate of drug-likeness (QED) is 0.665. The van der Waals surface area contributed by atoms with Gasteiger partial charge in [-0.3, -0.25) is 4.84 Å². The molecule has 0 aromatic rings. The molecule has 0 aromatic carbocycles. The minimum atomic E-state index is -0.160. The topological polar surface area (TPSA) is 28.1 Å². The number of aliphatic imine (C=N–C) groups is 1. The average molecular weight is 221 g/mol. The highest BCUT2D eigenvalue weighted by Gasteiger charge is 2.38. The predicted molar refractivity (Wildman–Crippen MR) is 64.8 cm³/mol. The Morgan fingerprint density at radius 3 is 2.88 bits per heavy atom. The highest BCUT2D eigenvalue weighted by molar-refractivity contribution is 5.84. The molecule has 2 heterocycles. The van der Waals surface area contributed by atoms with Gasteiger partial charge in [-0.15, -0.1) is 0 Å². The van der Waals surface area contributed by atoms with Crippen molar-refractivity contribution in [2.45, 2.75) is 32.4 Å². The van der Waals surface area contributed by atoms with Crippen molar-refractivity contribution in [3.8, 4) is 0 Å². The average Bonchev–Trinajstić information content (AvgIpc) is 2.53. The number of guanidine groups is 1. The van der Waals surface area contributed by atoms with Crippen LogP contribution in [0.2, 0.25) is 0 Å². The zero-order valence-electron chi connectivity index (χ0n) is 10.4. The lowest BCUT2D eigenvalue weighted by molar-refractivity contribution is -0.0762. The van der Waals surface area contributed by atoms with E-state index in [2.05, 4.69) is 42.6 Å². The van der Waals surface area contributed by atoms with Gasteiger partial charge < -0.3 is 4.90 Å². The van der Waals surface area contributed by atoms with Gasteiger partial charge in [-0.05, 0) is 26.8 Å². The van der Waals surface area contributed by atoms with Crippen molar-refractivity contribution in [3.05, 3.63) is 24.4 Å². The Morgan fingerprint density at radius 1 is 1.62 bits per heavy atom. The lowest BCUT2D eigenvalue weighted by Gasteiger charge is -2.28. The first-order chi connectivity index (χ1) is 7.44. The van der Waals surface area contributed by atoms with Crippen molar-refractivity contribution < 1.29 is 4.84 Å². The summed E-state index contributed by atoms with van der Waals surface area (Å²) in [5.41, 5.74) is 0.928. The number of fused-ring (bicyclic) bond motifs is 1. The Bertz CT molecular complexity index is 370. The highest BCUT2D eigenvalue weighted by Crippen LogP contribution is 2.27. The second kappa shape index (κ2) is 3.63. The van der Waals surface area contributed by atoms with Crippen molar-refractivity contribution in [1.82, 2.24) is 9.96 Å². The molecule has 1 fully saturated rings. The van der Waals surface area contributed by atoms with Crippen LogP contribution >= 0.6 is 0 Å². The fourth-order valence-corrected chi connectivity index (χ4v) is 1.98. The number of rotatable bonds is 2. The van der Waals surface area contributed by atoms with Crippen molar-refractivity contribution in [3.63, 3.8) is 0 Å². The number of hydrogen-bond acceptors (Lipinski definition) is 4. The van der Waals surface area contributed by atoms with E-state index >= 15 is 0 Å². The second-order valence-electron chi connectivity index (χ2n) is 4.90. The first-order valence-electron chi connectivity index (χ1n) is 5.49. The van der Waals surface area contributed by atoms with E-state index < -0.39 is 0 Å².